The average Bonchev–Trinajstić information content (AvgIpc) is 2.80. The number of carbonyl (C=O) groups is 1. The molecule has 0 bridgehead atoms. The van der Waals surface area contributed by atoms with Gasteiger partial charge in [-0.2, -0.15) is 0 Å². The van der Waals surface area contributed by atoms with Crippen molar-refractivity contribution in [1.29, 1.82) is 0 Å². The second-order valence-corrected chi connectivity index (χ2v) is 6.42. The summed E-state index contributed by atoms with van der Waals surface area (Å²) in [5, 5.41) is 11.3. The van der Waals surface area contributed by atoms with E-state index in [1.807, 2.05) is 38.1 Å². The van der Waals surface area contributed by atoms with Crippen LogP contribution in [0.5, 0.6) is 0 Å². The van der Waals surface area contributed by atoms with Gasteiger partial charge in [0.05, 0.1) is 11.4 Å². The van der Waals surface area contributed by atoms with Crippen molar-refractivity contribution in [3.05, 3.63) is 28.7 Å². The van der Waals surface area contributed by atoms with Crippen LogP contribution in [-0.4, -0.2) is 26.4 Å². The lowest BCUT2D eigenvalue weighted by Crippen LogP contribution is -2.15. The molecule has 1 aromatic carbocycles. The van der Waals surface area contributed by atoms with Crippen LogP contribution >= 0.6 is 27.7 Å². The summed E-state index contributed by atoms with van der Waals surface area (Å²) in [6, 6.07) is 7.61. The van der Waals surface area contributed by atoms with Crippen molar-refractivity contribution in [1.82, 2.24) is 14.8 Å². The van der Waals surface area contributed by atoms with Crippen LogP contribution in [0.2, 0.25) is 0 Å². The molecule has 112 valence electrons. The van der Waals surface area contributed by atoms with Crippen LogP contribution in [0.3, 0.4) is 0 Å². The minimum atomic E-state index is -0.108. The number of nitrogen functional groups attached to an aromatic ring is 1. The molecule has 0 atom stereocenters. The zero-order valence-electron chi connectivity index (χ0n) is 11.7. The number of nitrogens with one attached hydrogen (secondary N) is 1. The molecule has 0 aliphatic rings. The summed E-state index contributed by atoms with van der Waals surface area (Å²) in [7, 11) is 0. The molecule has 2 aromatic rings. The quantitative estimate of drug-likeness (QED) is 0.791. The molecule has 0 unspecified atom stereocenters. The van der Waals surface area contributed by atoms with Gasteiger partial charge in [0, 0.05) is 10.5 Å². The Hall–Kier alpha value is -1.54. The number of rotatable bonds is 5. The van der Waals surface area contributed by atoms with Crippen LogP contribution in [0.25, 0.3) is 0 Å². The second kappa shape index (κ2) is 6.95. The van der Waals surface area contributed by atoms with E-state index in [0.717, 1.165) is 10.2 Å². The zero-order valence-corrected chi connectivity index (χ0v) is 14.1. The zero-order chi connectivity index (χ0) is 15.4. The van der Waals surface area contributed by atoms with Crippen LogP contribution in [0, 0.1) is 0 Å². The number of anilines is 2. The van der Waals surface area contributed by atoms with Gasteiger partial charge in [0.1, 0.15) is 0 Å². The molecule has 3 N–H and O–H groups in total. The largest absolute Gasteiger partial charge is 0.368 e. The molecule has 0 spiro atoms. The molecule has 0 saturated heterocycles. The number of nitrogens with zero attached hydrogens (tertiary/aromatic N) is 3. The first kappa shape index (κ1) is 15.8. The highest BCUT2D eigenvalue weighted by molar-refractivity contribution is 9.10. The lowest BCUT2D eigenvalue weighted by atomic mass is 10.3. The van der Waals surface area contributed by atoms with Gasteiger partial charge in [0.2, 0.25) is 11.9 Å². The SMILES string of the molecule is CC(C)n1c(N)nnc1SCC(=O)Nc1ccccc1Br. The number of aromatic nitrogens is 3. The lowest BCUT2D eigenvalue weighted by molar-refractivity contribution is -0.113. The Morgan fingerprint density at radius 1 is 1.43 bits per heavy atom. The normalized spacial score (nSPS) is 10.9. The van der Waals surface area contributed by atoms with E-state index in [1.165, 1.54) is 11.8 Å². The first-order chi connectivity index (χ1) is 9.99. The number of amides is 1. The monoisotopic (exact) mass is 369 g/mol. The third-order valence-corrected chi connectivity index (χ3v) is 4.32. The van der Waals surface area contributed by atoms with E-state index in [0.29, 0.717) is 11.1 Å². The number of hydrogen-bond donors (Lipinski definition) is 2. The molecule has 8 heteroatoms. The maximum Gasteiger partial charge on any atom is 0.234 e. The van der Waals surface area contributed by atoms with Crippen molar-refractivity contribution in [3.8, 4) is 0 Å². The number of carbonyl (C=O) groups excluding carboxylic acids is 1. The maximum atomic E-state index is 12.0. The third kappa shape index (κ3) is 3.98. The van der Waals surface area contributed by atoms with Gasteiger partial charge in [-0.3, -0.25) is 9.36 Å². The predicted molar refractivity (Wildman–Crippen MR) is 88.3 cm³/mol. The second-order valence-electron chi connectivity index (χ2n) is 4.62. The Morgan fingerprint density at radius 2 is 2.14 bits per heavy atom. The minimum Gasteiger partial charge on any atom is -0.368 e. The number of thioether (sulfide) groups is 1. The molecule has 0 fully saturated rings. The Morgan fingerprint density at radius 3 is 2.81 bits per heavy atom. The summed E-state index contributed by atoms with van der Waals surface area (Å²) in [5.74, 6) is 0.495. The summed E-state index contributed by atoms with van der Waals surface area (Å²) in [4.78, 5) is 12.0. The fraction of sp³-hybridized carbons (Fsp3) is 0.308. The van der Waals surface area contributed by atoms with Crippen LogP contribution in [-0.2, 0) is 4.79 Å². The van der Waals surface area contributed by atoms with Gasteiger partial charge in [-0.1, -0.05) is 23.9 Å². The van der Waals surface area contributed by atoms with Gasteiger partial charge < -0.3 is 11.1 Å². The smallest absolute Gasteiger partial charge is 0.234 e. The van der Waals surface area contributed by atoms with Crippen molar-refractivity contribution < 1.29 is 4.79 Å². The van der Waals surface area contributed by atoms with Crippen molar-refractivity contribution in [3.63, 3.8) is 0 Å². The number of nitrogens with two attached hydrogens (primary N) is 1. The third-order valence-electron chi connectivity index (χ3n) is 2.69. The number of halogens is 1. The fourth-order valence-corrected chi connectivity index (χ4v) is 3.01. The summed E-state index contributed by atoms with van der Waals surface area (Å²) < 4.78 is 2.65. The summed E-state index contributed by atoms with van der Waals surface area (Å²) in [6.07, 6.45) is 0. The van der Waals surface area contributed by atoms with E-state index < -0.39 is 0 Å². The molecule has 1 amide bonds. The minimum absolute atomic E-state index is 0.108. The van der Waals surface area contributed by atoms with E-state index in [9.17, 15) is 4.79 Å². The van der Waals surface area contributed by atoms with E-state index in [-0.39, 0.29) is 17.7 Å². The molecular weight excluding hydrogens is 354 g/mol. The molecule has 0 aliphatic heterocycles. The molecule has 1 heterocycles. The van der Waals surface area contributed by atoms with Crippen LogP contribution in [0.15, 0.2) is 33.9 Å². The molecule has 21 heavy (non-hydrogen) atoms. The number of benzene rings is 1. The van der Waals surface area contributed by atoms with E-state index in [4.69, 9.17) is 5.73 Å². The van der Waals surface area contributed by atoms with Gasteiger partial charge in [-0.15, -0.1) is 10.2 Å². The topological polar surface area (TPSA) is 85.8 Å². The lowest BCUT2D eigenvalue weighted by Gasteiger charge is -2.11. The molecular formula is C13H16BrN5OS. The first-order valence-corrected chi connectivity index (χ1v) is 8.14. The van der Waals surface area contributed by atoms with Gasteiger partial charge in [0.25, 0.3) is 0 Å². The average molecular weight is 370 g/mol. The fourth-order valence-electron chi connectivity index (χ4n) is 1.75. The van der Waals surface area contributed by atoms with Crippen molar-refractivity contribution in [2.24, 2.45) is 0 Å². The van der Waals surface area contributed by atoms with Crippen molar-refractivity contribution in [2.75, 3.05) is 16.8 Å². The highest BCUT2D eigenvalue weighted by Crippen LogP contribution is 2.24. The summed E-state index contributed by atoms with van der Waals surface area (Å²) >= 11 is 4.70. The molecule has 0 aliphatic carbocycles. The molecule has 6 nitrogen and oxygen atoms in total. The Balaban J connectivity index is 1.98. The molecule has 0 saturated carbocycles. The number of para-hydroxylation sites is 1. The highest BCUT2D eigenvalue weighted by atomic mass is 79.9. The highest BCUT2D eigenvalue weighted by Gasteiger charge is 2.14. The van der Waals surface area contributed by atoms with Gasteiger partial charge in [-0.25, -0.2) is 0 Å². The Bertz CT molecular complexity index is 643. The van der Waals surface area contributed by atoms with E-state index >= 15 is 0 Å². The van der Waals surface area contributed by atoms with Gasteiger partial charge in [0.15, 0.2) is 5.16 Å². The maximum absolute atomic E-state index is 12.0. The summed E-state index contributed by atoms with van der Waals surface area (Å²) in [5.41, 5.74) is 6.50. The first-order valence-electron chi connectivity index (χ1n) is 6.36. The van der Waals surface area contributed by atoms with Crippen molar-refractivity contribution >= 4 is 45.2 Å². The van der Waals surface area contributed by atoms with Crippen LogP contribution in [0.1, 0.15) is 19.9 Å². The van der Waals surface area contributed by atoms with Crippen molar-refractivity contribution in [2.45, 2.75) is 25.0 Å². The summed E-state index contributed by atoms with van der Waals surface area (Å²) in [6.45, 7) is 3.98. The Labute approximate surface area is 135 Å². The van der Waals surface area contributed by atoms with Crippen LogP contribution < -0.4 is 11.1 Å². The van der Waals surface area contributed by atoms with Gasteiger partial charge in [-0.05, 0) is 41.9 Å². The van der Waals surface area contributed by atoms with E-state index in [2.05, 4.69) is 31.4 Å². The molecule has 2 rings (SSSR count). The van der Waals surface area contributed by atoms with Gasteiger partial charge >= 0.3 is 0 Å². The Kier molecular flexibility index (Phi) is 5.24. The molecule has 1 aromatic heterocycles. The standard InChI is InChI=1S/C13H16BrN5OS/c1-8(2)19-12(15)17-18-13(19)21-7-11(20)16-10-6-4-3-5-9(10)14/h3-6,8H,7H2,1-2H3,(H2,15,17)(H,16,20). The number of hydrogen-bond acceptors (Lipinski definition) is 5. The van der Waals surface area contributed by atoms with Crippen LogP contribution in [0.4, 0.5) is 11.6 Å². The predicted octanol–water partition coefficient (Wildman–Crippen LogP) is 2.93. The molecule has 0 radical (unpaired) electrons. The van der Waals surface area contributed by atoms with E-state index in [1.54, 1.807) is 4.57 Å².